The van der Waals surface area contributed by atoms with E-state index in [1.165, 1.54) is 6.07 Å². The van der Waals surface area contributed by atoms with E-state index in [0.29, 0.717) is 34.3 Å². The van der Waals surface area contributed by atoms with E-state index in [2.05, 4.69) is 36.0 Å². The van der Waals surface area contributed by atoms with Crippen LogP contribution >= 0.6 is 15.9 Å². The van der Waals surface area contributed by atoms with Crippen LogP contribution in [0, 0.1) is 6.92 Å². The van der Waals surface area contributed by atoms with Gasteiger partial charge >= 0.3 is 0 Å². The Labute approximate surface area is 254 Å². The zero-order valence-electron chi connectivity index (χ0n) is 24.1. The second-order valence-corrected chi connectivity index (χ2v) is 14.0. The van der Waals surface area contributed by atoms with Gasteiger partial charge in [-0.15, -0.1) is 0 Å². The molecule has 2 aromatic rings. The number of benzene rings is 2. The molecule has 2 amide bonds. The Morgan fingerprint density at radius 1 is 0.732 bits per heavy atom. The molecule has 2 aromatic carbocycles. The summed E-state index contributed by atoms with van der Waals surface area (Å²) in [5.41, 5.74) is 2.01. The summed E-state index contributed by atoms with van der Waals surface area (Å²) >= 11 is 3.22. The molecule has 41 heavy (non-hydrogen) atoms. The van der Waals surface area contributed by atoms with E-state index in [4.69, 9.17) is 0 Å². The summed E-state index contributed by atoms with van der Waals surface area (Å²) in [5, 5.41) is 5.56. The van der Waals surface area contributed by atoms with Gasteiger partial charge in [0, 0.05) is 29.6 Å². The Hall–Kier alpha value is -2.32. The van der Waals surface area contributed by atoms with Gasteiger partial charge in [-0.1, -0.05) is 39.5 Å². The van der Waals surface area contributed by atoms with Crippen molar-refractivity contribution in [1.29, 1.82) is 0 Å². The standard InChI is InChI=1S/C14H22N2O3S.C13H19BrN2O3S.CH4/c1-5-15-20(18,19)13-8-12(7-6-11(13)4)9-14(17)16-10(2)3;1-4-15-20(18,19)12-7-10(5-6-11(12)14)8-13(17)16-9(2)3;/h6-8,10,15H,5,9H2,1-4H3,(H,16,17);5-7,9,15H,4,8H2,1-3H3,(H,16,17);1H4. The van der Waals surface area contributed by atoms with Gasteiger partial charge in [-0.2, -0.15) is 0 Å². The van der Waals surface area contributed by atoms with Crippen molar-refractivity contribution in [2.45, 2.75) is 90.6 Å². The number of rotatable bonds is 12. The Balaban J connectivity index is 0.000000762. The van der Waals surface area contributed by atoms with E-state index in [0.717, 1.165) is 0 Å². The smallest absolute Gasteiger partial charge is 0.241 e. The third-order valence-electron chi connectivity index (χ3n) is 5.12. The van der Waals surface area contributed by atoms with Gasteiger partial charge in [0.05, 0.1) is 22.6 Å². The molecule has 0 saturated carbocycles. The Morgan fingerprint density at radius 2 is 1.12 bits per heavy atom. The van der Waals surface area contributed by atoms with Crippen LogP contribution in [0.1, 0.15) is 65.7 Å². The third-order valence-corrected chi connectivity index (χ3v) is 9.35. The second kappa shape index (κ2) is 17.6. The summed E-state index contributed by atoms with van der Waals surface area (Å²) in [7, 11) is -7.06. The lowest BCUT2D eigenvalue weighted by Crippen LogP contribution is -2.31. The van der Waals surface area contributed by atoms with Crippen molar-refractivity contribution >= 4 is 47.8 Å². The first-order valence-electron chi connectivity index (χ1n) is 13.0. The van der Waals surface area contributed by atoms with Crippen molar-refractivity contribution in [3.8, 4) is 0 Å². The van der Waals surface area contributed by atoms with Gasteiger partial charge < -0.3 is 10.6 Å². The molecular weight excluding hydrogens is 632 g/mol. The monoisotopic (exact) mass is 676 g/mol. The van der Waals surface area contributed by atoms with Crippen LogP contribution in [0.25, 0.3) is 0 Å². The lowest BCUT2D eigenvalue weighted by atomic mass is 10.1. The van der Waals surface area contributed by atoms with E-state index in [1.54, 1.807) is 51.1 Å². The van der Waals surface area contributed by atoms with Crippen molar-refractivity contribution < 1.29 is 26.4 Å². The topological polar surface area (TPSA) is 151 Å². The molecule has 0 saturated heterocycles. The highest BCUT2D eigenvalue weighted by molar-refractivity contribution is 9.10. The Kier molecular flexibility index (Phi) is 16.6. The summed E-state index contributed by atoms with van der Waals surface area (Å²) < 4.78 is 53.5. The maximum Gasteiger partial charge on any atom is 0.241 e. The molecule has 0 fully saturated rings. The lowest BCUT2D eigenvalue weighted by Gasteiger charge is -2.11. The summed E-state index contributed by atoms with van der Waals surface area (Å²) in [5.74, 6) is -0.246. The molecule has 0 heterocycles. The molecule has 0 aliphatic carbocycles. The number of halogens is 1. The highest BCUT2D eigenvalue weighted by atomic mass is 79.9. The third kappa shape index (κ3) is 13.5. The van der Waals surface area contributed by atoms with Crippen LogP contribution in [0.2, 0.25) is 0 Å². The molecule has 0 bridgehead atoms. The summed E-state index contributed by atoms with van der Waals surface area (Å²) in [6, 6.07) is 10.1. The van der Waals surface area contributed by atoms with E-state index < -0.39 is 20.0 Å². The van der Waals surface area contributed by atoms with Gasteiger partial charge in [-0.25, -0.2) is 26.3 Å². The number of aryl methyl sites for hydroxylation is 1. The van der Waals surface area contributed by atoms with Crippen molar-refractivity contribution in [2.24, 2.45) is 0 Å². The predicted molar refractivity (Wildman–Crippen MR) is 168 cm³/mol. The Bertz CT molecular complexity index is 1270. The number of carbonyl (C=O) groups is 2. The molecule has 0 radical (unpaired) electrons. The van der Waals surface area contributed by atoms with E-state index in [-0.39, 0.29) is 54.0 Å². The zero-order chi connectivity index (χ0) is 30.7. The van der Waals surface area contributed by atoms with Crippen molar-refractivity contribution in [3.63, 3.8) is 0 Å². The molecule has 10 nitrogen and oxygen atoms in total. The fourth-order valence-electron chi connectivity index (χ4n) is 3.56. The molecule has 13 heteroatoms. The molecule has 4 N–H and O–H groups in total. The molecular formula is C28H45BrN4O6S2. The zero-order valence-corrected chi connectivity index (χ0v) is 27.3. The minimum absolute atomic E-state index is 0. The molecule has 0 atom stereocenters. The summed E-state index contributed by atoms with van der Waals surface area (Å²) in [6.45, 7) is 13.3. The van der Waals surface area contributed by atoms with Gasteiger partial charge in [-0.05, 0) is 85.4 Å². The highest BCUT2D eigenvalue weighted by Gasteiger charge is 2.19. The first-order chi connectivity index (χ1) is 18.5. The summed E-state index contributed by atoms with van der Waals surface area (Å²) in [6.07, 6.45) is 0.327. The number of hydrogen-bond acceptors (Lipinski definition) is 6. The fraction of sp³-hybridized carbons (Fsp3) is 0.500. The molecule has 0 spiro atoms. The largest absolute Gasteiger partial charge is 0.354 e. The number of sulfonamides is 2. The van der Waals surface area contributed by atoms with Crippen LogP contribution in [0.3, 0.4) is 0 Å². The van der Waals surface area contributed by atoms with Crippen LogP contribution in [0.5, 0.6) is 0 Å². The van der Waals surface area contributed by atoms with Crippen LogP contribution in [-0.2, 0) is 42.5 Å². The van der Waals surface area contributed by atoms with E-state index in [9.17, 15) is 26.4 Å². The van der Waals surface area contributed by atoms with Crippen molar-refractivity contribution in [2.75, 3.05) is 13.1 Å². The Morgan fingerprint density at radius 3 is 1.54 bits per heavy atom. The minimum Gasteiger partial charge on any atom is -0.354 e. The normalized spacial score (nSPS) is 11.4. The van der Waals surface area contributed by atoms with E-state index >= 15 is 0 Å². The van der Waals surface area contributed by atoms with Crippen LogP contribution in [-0.4, -0.2) is 53.8 Å². The van der Waals surface area contributed by atoms with Crippen LogP contribution in [0.15, 0.2) is 50.7 Å². The molecule has 0 unspecified atom stereocenters. The number of nitrogens with one attached hydrogen (secondary N) is 4. The maximum atomic E-state index is 12.1. The molecule has 2 rings (SSSR count). The number of hydrogen-bond donors (Lipinski definition) is 4. The highest BCUT2D eigenvalue weighted by Crippen LogP contribution is 2.23. The maximum absolute atomic E-state index is 12.1. The van der Waals surface area contributed by atoms with Gasteiger partial charge in [0.1, 0.15) is 0 Å². The predicted octanol–water partition coefficient (Wildman–Crippen LogP) is 3.81. The lowest BCUT2D eigenvalue weighted by molar-refractivity contribution is -0.121. The van der Waals surface area contributed by atoms with Gasteiger partial charge in [0.15, 0.2) is 0 Å². The fourth-order valence-corrected chi connectivity index (χ4v) is 6.95. The van der Waals surface area contributed by atoms with Gasteiger partial charge in [0.2, 0.25) is 31.9 Å². The van der Waals surface area contributed by atoms with Crippen LogP contribution in [0.4, 0.5) is 0 Å². The van der Waals surface area contributed by atoms with Crippen molar-refractivity contribution in [3.05, 3.63) is 57.6 Å². The SMILES string of the molecule is C.CCNS(=O)(=O)c1cc(CC(=O)NC(C)C)ccc1Br.CCNS(=O)(=O)c1cc(CC(=O)NC(C)C)ccc1C. The van der Waals surface area contributed by atoms with Gasteiger partial charge in [0.25, 0.3) is 0 Å². The molecule has 0 aliphatic heterocycles. The second-order valence-electron chi connectivity index (χ2n) is 9.67. The summed E-state index contributed by atoms with van der Waals surface area (Å²) in [4.78, 5) is 23.8. The van der Waals surface area contributed by atoms with E-state index in [1.807, 2.05) is 27.7 Å². The molecule has 0 aliphatic rings. The number of carbonyl (C=O) groups excluding carboxylic acids is 2. The van der Waals surface area contributed by atoms with Gasteiger partial charge in [-0.3, -0.25) is 9.59 Å². The minimum atomic E-state index is -3.55. The average Bonchev–Trinajstić information content (AvgIpc) is 2.80. The average molecular weight is 678 g/mol. The quantitative estimate of drug-likeness (QED) is 0.269. The molecule has 232 valence electrons. The first kappa shape index (κ1) is 38.7. The molecule has 0 aromatic heterocycles. The van der Waals surface area contributed by atoms with Crippen molar-refractivity contribution in [1.82, 2.24) is 20.1 Å². The van der Waals surface area contributed by atoms with Crippen LogP contribution < -0.4 is 20.1 Å². The number of amides is 2. The first-order valence-corrected chi connectivity index (χ1v) is 16.7.